The summed E-state index contributed by atoms with van der Waals surface area (Å²) in [5, 5.41) is 9.00. The maximum Gasteiger partial charge on any atom is 0.414 e. The molecule has 182 valence electrons. The van der Waals surface area contributed by atoms with Gasteiger partial charge in [0.1, 0.15) is 6.61 Å². The van der Waals surface area contributed by atoms with Crippen molar-refractivity contribution in [2.45, 2.75) is 51.7 Å². The number of anilines is 1. The van der Waals surface area contributed by atoms with E-state index in [1.54, 1.807) is 18.2 Å². The molecular weight excluding hydrogens is 429 g/mol. The number of nitrogens with one attached hydrogen (secondary N) is 2. The summed E-state index contributed by atoms with van der Waals surface area (Å²) in [6, 6.07) is 4.93. The minimum absolute atomic E-state index is 0.0522. The molecule has 4 N–H and O–H groups in total. The van der Waals surface area contributed by atoms with Crippen molar-refractivity contribution < 1.29 is 23.5 Å². The highest BCUT2D eigenvalue weighted by Gasteiger charge is 2.31. The molecule has 0 radical (unpaired) electrons. The Morgan fingerprint density at radius 2 is 1.88 bits per heavy atom. The number of carbonyl (C=O) groups excluding carboxylic acids is 2. The van der Waals surface area contributed by atoms with Gasteiger partial charge in [-0.3, -0.25) is 15.5 Å². The van der Waals surface area contributed by atoms with E-state index in [1.165, 1.54) is 0 Å². The lowest BCUT2D eigenvalue weighted by atomic mass is 9.86. The second-order valence-electron chi connectivity index (χ2n) is 8.52. The summed E-state index contributed by atoms with van der Waals surface area (Å²) in [5.41, 5.74) is 5.72. The Hall–Kier alpha value is -2.88. The third-order valence-electron chi connectivity index (χ3n) is 6.17. The zero-order chi connectivity index (χ0) is 23.8. The molecular formula is C23H34FN5O4. The van der Waals surface area contributed by atoms with Crippen LogP contribution in [-0.2, 0) is 20.9 Å². The number of carbonyl (C=O) groups is 2. The zero-order valence-electron chi connectivity index (χ0n) is 19.1. The van der Waals surface area contributed by atoms with E-state index in [4.69, 9.17) is 20.6 Å². The summed E-state index contributed by atoms with van der Waals surface area (Å²) in [6.45, 7) is 4.76. The second kappa shape index (κ2) is 11.8. The Balaban J connectivity index is 1.50. The summed E-state index contributed by atoms with van der Waals surface area (Å²) in [7, 11) is 0. The van der Waals surface area contributed by atoms with E-state index in [0.717, 1.165) is 38.7 Å². The first-order valence-corrected chi connectivity index (χ1v) is 11.6. The zero-order valence-corrected chi connectivity index (χ0v) is 19.1. The fourth-order valence-electron chi connectivity index (χ4n) is 4.40. The molecule has 2 amide bonds. The Bertz CT molecular complexity index is 836. The molecule has 1 aromatic rings. The maximum atomic E-state index is 15.0. The number of benzene rings is 1. The molecule has 10 heteroatoms. The number of halogens is 1. The molecule has 1 saturated heterocycles. The summed E-state index contributed by atoms with van der Waals surface area (Å²) >= 11 is 0. The van der Waals surface area contributed by atoms with Gasteiger partial charge < -0.3 is 25.0 Å². The summed E-state index contributed by atoms with van der Waals surface area (Å²) in [4.78, 5) is 28.3. The number of guanidine groups is 1. The SMILES string of the molecule is CCCO[C@H]1CC[C@H](C(=O)N2CCN(c3cccc(COC(=O)NC(=N)N)c3F)CC2)CC1. The van der Waals surface area contributed by atoms with Gasteiger partial charge in [0.25, 0.3) is 0 Å². The van der Waals surface area contributed by atoms with E-state index in [9.17, 15) is 9.59 Å². The molecule has 0 atom stereocenters. The summed E-state index contributed by atoms with van der Waals surface area (Å²) in [6.07, 6.45) is 3.96. The standard InChI is InChI=1S/C23H34FN5O4/c1-2-14-32-18-8-6-16(7-9-18)21(30)29-12-10-28(11-13-29)19-5-3-4-17(20(19)24)15-33-23(31)27-22(25)26/h3-5,16,18H,2,6-15H2,1H3,(H4,25,26,27,31)/t16-,18-. The minimum atomic E-state index is -0.912. The Labute approximate surface area is 193 Å². The molecule has 1 aliphatic heterocycles. The van der Waals surface area contributed by atoms with Crippen molar-refractivity contribution >= 4 is 23.6 Å². The van der Waals surface area contributed by atoms with Gasteiger partial charge in [0, 0.05) is 44.3 Å². The van der Waals surface area contributed by atoms with Crippen molar-refractivity contribution in [3.05, 3.63) is 29.6 Å². The van der Waals surface area contributed by atoms with Crippen LogP contribution in [0.4, 0.5) is 14.9 Å². The number of piperazine rings is 1. The van der Waals surface area contributed by atoms with Gasteiger partial charge in [-0.05, 0) is 38.2 Å². The highest BCUT2D eigenvalue weighted by Crippen LogP contribution is 2.29. The molecule has 1 saturated carbocycles. The van der Waals surface area contributed by atoms with Crippen LogP contribution in [0.25, 0.3) is 0 Å². The van der Waals surface area contributed by atoms with Crippen molar-refractivity contribution in [2.75, 3.05) is 37.7 Å². The van der Waals surface area contributed by atoms with Crippen molar-refractivity contribution in [3.63, 3.8) is 0 Å². The topological polar surface area (TPSA) is 121 Å². The molecule has 0 spiro atoms. The molecule has 1 aliphatic carbocycles. The van der Waals surface area contributed by atoms with Crippen LogP contribution in [0.15, 0.2) is 18.2 Å². The highest BCUT2D eigenvalue weighted by molar-refractivity contribution is 5.90. The van der Waals surface area contributed by atoms with Crippen molar-refractivity contribution in [2.24, 2.45) is 11.7 Å². The van der Waals surface area contributed by atoms with Crippen LogP contribution in [-0.4, -0.2) is 61.7 Å². The number of hydrogen-bond acceptors (Lipinski definition) is 6. The second-order valence-corrected chi connectivity index (χ2v) is 8.52. The van der Waals surface area contributed by atoms with E-state index in [1.807, 2.05) is 15.1 Å². The van der Waals surface area contributed by atoms with Gasteiger partial charge in [-0.25, -0.2) is 9.18 Å². The maximum absolute atomic E-state index is 15.0. The van der Waals surface area contributed by atoms with Gasteiger partial charge in [0.05, 0.1) is 11.8 Å². The van der Waals surface area contributed by atoms with Gasteiger partial charge in [-0.2, -0.15) is 0 Å². The molecule has 0 bridgehead atoms. The molecule has 0 aromatic heterocycles. The molecule has 1 aromatic carbocycles. The van der Waals surface area contributed by atoms with Crippen molar-refractivity contribution in [1.29, 1.82) is 5.41 Å². The lowest BCUT2D eigenvalue weighted by Crippen LogP contribution is -2.51. The predicted molar refractivity (Wildman–Crippen MR) is 122 cm³/mol. The Kier molecular flexibility index (Phi) is 8.87. The first-order chi connectivity index (χ1) is 15.9. The number of rotatable bonds is 7. The van der Waals surface area contributed by atoms with Gasteiger partial charge in [-0.15, -0.1) is 0 Å². The monoisotopic (exact) mass is 463 g/mol. The normalized spacial score (nSPS) is 20.9. The van der Waals surface area contributed by atoms with E-state index >= 15 is 4.39 Å². The highest BCUT2D eigenvalue weighted by atomic mass is 19.1. The number of nitrogens with two attached hydrogens (primary N) is 1. The van der Waals surface area contributed by atoms with E-state index < -0.39 is 17.9 Å². The third-order valence-corrected chi connectivity index (χ3v) is 6.17. The van der Waals surface area contributed by atoms with Crippen molar-refractivity contribution in [3.8, 4) is 0 Å². The predicted octanol–water partition coefficient (Wildman–Crippen LogP) is 2.58. The lowest BCUT2D eigenvalue weighted by Gasteiger charge is -2.39. The first kappa shape index (κ1) is 24.8. The molecule has 9 nitrogen and oxygen atoms in total. The first-order valence-electron chi connectivity index (χ1n) is 11.6. The summed E-state index contributed by atoms with van der Waals surface area (Å²) < 4.78 is 25.8. The van der Waals surface area contributed by atoms with Gasteiger partial charge in [0.15, 0.2) is 11.8 Å². The largest absolute Gasteiger partial charge is 0.444 e. The Morgan fingerprint density at radius 3 is 2.52 bits per heavy atom. The van der Waals surface area contributed by atoms with Gasteiger partial charge in [-0.1, -0.05) is 19.1 Å². The summed E-state index contributed by atoms with van der Waals surface area (Å²) in [5.74, 6) is -0.753. The smallest absolute Gasteiger partial charge is 0.414 e. The molecule has 0 unspecified atom stereocenters. The van der Waals surface area contributed by atoms with E-state index in [2.05, 4.69) is 6.92 Å². The fourth-order valence-corrected chi connectivity index (χ4v) is 4.40. The number of ether oxygens (including phenoxy) is 2. The van der Waals surface area contributed by atoms with Crippen LogP contribution >= 0.6 is 0 Å². The number of amides is 2. The average molecular weight is 464 g/mol. The van der Waals surface area contributed by atoms with Crippen LogP contribution in [0.1, 0.15) is 44.6 Å². The van der Waals surface area contributed by atoms with Crippen LogP contribution in [0.2, 0.25) is 0 Å². The van der Waals surface area contributed by atoms with Crippen LogP contribution in [0, 0.1) is 17.1 Å². The minimum Gasteiger partial charge on any atom is -0.444 e. The third kappa shape index (κ3) is 6.80. The average Bonchev–Trinajstić information content (AvgIpc) is 2.82. The molecule has 3 rings (SSSR count). The van der Waals surface area contributed by atoms with Crippen molar-refractivity contribution in [1.82, 2.24) is 10.2 Å². The van der Waals surface area contributed by atoms with Crippen LogP contribution in [0.3, 0.4) is 0 Å². The van der Waals surface area contributed by atoms with E-state index in [-0.39, 0.29) is 30.1 Å². The Morgan fingerprint density at radius 1 is 1.18 bits per heavy atom. The number of nitrogens with zero attached hydrogens (tertiary/aromatic N) is 2. The van der Waals surface area contributed by atoms with Gasteiger partial charge >= 0.3 is 6.09 Å². The lowest BCUT2D eigenvalue weighted by molar-refractivity contribution is -0.137. The van der Waals surface area contributed by atoms with Crippen LogP contribution < -0.4 is 16.0 Å². The molecule has 1 heterocycles. The number of alkyl carbamates (subject to hydrolysis) is 1. The van der Waals surface area contributed by atoms with Gasteiger partial charge in [0.2, 0.25) is 5.91 Å². The number of hydrogen-bond donors (Lipinski definition) is 3. The fraction of sp³-hybridized carbons (Fsp3) is 0.609. The molecule has 2 aliphatic rings. The molecule has 2 fully saturated rings. The molecule has 33 heavy (non-hydrogen) atoms. The quantitative estimate of drug-likeness (QED) is 0.422. The van der Waals surface area contributed by atoms with Crippen LogP contribution in [0.5, 0.6) is 0 Å². The van der Waals surface area contributed by atoms with E-state index in [0.29, 0.717) is 31.9 Å².